The number of aromatic nitrogens is 2. The molecular weight excluding hydrogens is 420 g/mol. The summed E-state index contributed by atoms with van der Waals surface area (Å²) < 4.78 is 28.3. The fourth-order valence-corrected chi connectivity index (χ4v) is 5.54. The lowest BCUT2D eigenvalue weighted by Crippen LogP contribution is -2.31. The minimum atomic E-state index is -3.64. The topological polar surface area (TPSA) is 66.4 Å². The fraction of sp³-hybridized carbons (Fsp3) is 0.273. The van der Waals surface area contributed by atoms with Crippen molar-refractivity contribution in [2.45, 2.75) is 23.8 Å². The number of benzene rings is 2. The van der Waals surface area contributed by atoms with Crippen LogP contribution in [0.1, 0.15) is 24.6 Å². The van der Waals surface area contributed by atoms with E-state index in [1.165, 1.54) is 0 Å². The van der Waals surface area contributed by atoms with Crippen LogP contribution in [0.2, 0.25) is 5.02 Å². The van der Waals surface area contributed by atoms with Crippen LogP contribution < -0.4 is 4.90 Å². The molecule has 3 aromatic rings. The zero-order valence-corrected chi connectivity index (χ0v) is 18.4. The molecule has 1 saturated heterocycles. The second kappa shape index (κ2) is 8.34. The van der Waals surface area contributed by atoms with Gasteiger partial charge in [-0.3, -0.25) is 0 Å². The summed E-state index contributed by atoms with van der Waals surface area (Å²) in [6.45, 7) is 0.462. The number of hydrogen-bond acceptors (Lipinski definition) is 5. The molecule has 1 unspecified atom stereocenters. The fourth-order valence-electron chi connectivity index (χ4n) is 3.74. The third-order valence-electron chi connectivity index (χ3n) is 5.23. The molecule has 1 aliphatic heterocycles. The summed E-state index contributed by atoms with van der Waals surface area (Å²) in [5.74, 6) is 0.548. The van der Waals surface area contributed by atoms with Gasteiger partial charge in [0.05, 0.1) is 16.6 Å². The van der Waals surface area contributed by atoms with Crippen LogP contribution in [0.5, 0.6) is 0 Å². The number of nitrogens with zero attached hydrogens (tertiary/aromatic N) is 4. The Morgan fingerprint density at radius 1 is 1.07 bits per heavy atom. The second-order valence-corrected chi connectivity index (χ2v) is 9.78. The highest BCUT2D eigenvalue weighted by molar-refractivity contribution is 7.89. The van der Waals surface area contributed by atoms with E-state index in [1.54, 1.807) is 34.8 Å². The summed E-state index contributed by atoms with van der Waals surface area (Å²) >= 11 is 6.06. The van der Waals surface area contributed by atoms with Gasteiger partial charge in [-0.25, -0.2) is 18.4 Å². The van der Waals surface area contributed by atoms with E-state index in [0.717, 1.165) is 17.5 Å². The van der Waals surface area contributed by atoms with Crippen LogP contribution in [0.15, 0.2) is 65.7 Å². The Kier molecular flexibility index (Phi) is 5.77. The number of halogens is 1. The predicted octanol–water partition coefficient (Wildman–Crippen LogP) is 4.39. The molecule has 0 saturated carbocycles. The molecule has 1 fully saturated rings. The number of anilines is 1. The van der Waals surface area contributed by atoms with E-state index in [4.69, 9.17) is 16.6 Å². The van der Waals surface area contributed by atoms with E-state index in [0.29, 0.717) is 34.5 Å². The van der Waals surface area contributed by atoms with Gasteiger partial charge < -0.3 is 4.90 Å². The molecule has 4 rings (SSSR count). The molecule has 0 aliphatic carbocycles. The molecular formula is C22H23ClN4O2S. The molecule has 2 heterocycles. The average Bonchev–Trinajstić information content (AvgIpc) is 3.25. The number of rotatable bonds is 5. The van der Waals surface area contributed by atoms with Crippen LogP contribution >= 0.6 is 11.6 Å². The summed E-state index contributed by atoms with van der Waals surface area (Å²) in [6, 6.07) is 15.6. The van der Waals surface area contributed by atoms with Gasteiger partial charge in [0.1, 0.15) is 0 Å². The van der Waals surface area contributed by atoms with Crippen molar-refractivity contribution in [3.63, 3.8) is 0 Å². The van der Waals surface area contributed by atoms with Crippen molar-refractivity contribution >= 4 is 27.6 Å². The van der Waals surface area contributed by atoms with Crippen molar-refractivity contribution < 1.29 is 8.42 Å². The Hall–Kier alpha value is -2.48. The highest BCUT2D eigenvalue weighted by Crippen LogP contribution is 2.40. The molecule has 0 bridgehead atoms. The second-order valence-electron chi connectivity index (χ2n) is 7.46. The first-order chi connectivity index (χ1) is 14.4. The van der Waals surface area contributed by atoms with Crippen LogP contribution in [0.25, 0.3) is 11.1 Å². The highest BCUT2D eigenvalue weighted by Gasteiger charge is 2.38. The first-order valence-corrected chi connectivity index (χ1v) is 11.6. The van der Waals surface area contributed by atoms with Crippen molar-refractivity contribution in [1.29, 1.82) is 0 Å². The first kappa shape index (κ1) is 20.8. The van der Waals surface area contributed by atoms with Gasteiger partial charge in [0.15, 0.2) is 0 Å². The minimum absolute atomic E-state index is 0.298. The Morgan fingerprint density at radius 3 is 2.43 bits per heavy atom. The van der Waals surface area contributed by atoms with Gasteiger partial charge in [-0.2, -0.15) is 4.31 Å². The molecule has 0 amide bonds. The van der Waals surface area contributed by atoms with Gasteiger partial charge >= 0.3 is 0 Å². The normalized spacial score (nSPS) is 17.2. The molecule has 1 aliphatic rings. The molecule has 8 heteroatoms. The smallest absolute Gasteiger partial charge is 0.243 e. The van der Waals surface area contributed by atoms with Gasteiger partial charge in [-0.1, -0.05) is 41.9 Å². The van der Waals surface area contributed by atoms with Crippen LogP contribution in [-0.2, 0) is 10.0 Å². The molecule has 0 N–H and O–H groups in total. The number of sulfonamides is 1. The zero-order valence-electron chi connectivity index (χ0n) is 16.9. The largest absolute Gasteiger partial charge is 0.347 e. The third kappa shape index (κ3) is 3.93. The molecule has 156 valence electrons. The molecule has 1 aromatic heterocycles. The van der Waals surface area contributed by atoms with Crippen LogP contribution in [0.3, 0.4) is 0 Å². The zero-order chi connectivity index (χ0) is 21.3. The molecule has 0 radical (unpaired) electrons. The van der Waals surface area contributed by atoms with Gasteiger partial charge in [-0.05, 0) is 42.7 Å². The standard InChI is InChI=1S/C22H23ClN4O2S/c1-26(2)22-24-15-19(16-10-12-17(23)13-11-16)21(25-22)20-9-6-14-27(20)30(28,29)18-7-4-3-5-8-18/h3-5,7-8,10-13,15,20H,6,9,14H2,1-2H3. The van der Waals surface area contributed by atoms with Crippen LogP contribution in [0.4, 0.5) is 5.95 Å². The lowest BCUT2D eigenvalue weighted by atomic mass is 10.0. The van der Waals surface area contributed by atoms with Crippen LogP contribution in [-0.4, -0.2) is 43.3 Å². The maximum absolute atomic E-state index is 13.4. The maximum Gasteiger partial charge on any atom is 0.243 e. The summed E-state index contributed by atoms with van der Waals surface area (Å²) in [5, 5.41) is 0.639. The van der Waals surface area contributed by atoms with Crippen molar-refractivity contribution in [2.24, 2.45) is 0 Å². The molecule has 6 nitrogen and oxygen atoms in total. The van der Waals surface area contributed by atoms with Crippen molar-refractivity contribution in [1.82, 2.24) is 14.3 Å². The summed E-state index contributed by atoms with van der Waals surface area (Å²) in [7, 11) is 0.102. The SMILES string of the molecule is CN(C)c1ncc(-c2ccc(Cl)cc2)c(C2CCCN2S(=O)(=O)c2ccccc2)n1. The van der Waals surface area contributed by atoms with Crippen molar-refractivity contribution in [2.75, 3.05) is 25.5 Å². The van der Waals surface area contributed by atoms with Gasteiger partial charge in [0, 0.05) is 37.4 Å². The quantitative estimate of drug-likeness (QED) is 0.586. The lowest BCUT2D eigenvalue weighted by Gasteiger charge is -2.26. The van der Waals surface area contributed by atoms with E-state index in [9.17, 15) is 8.42 Å². The Labute approximate surface area is 182 Å². The Morgan fingerprint density at radius 2 is 1.77 bits per heavy atom. The van der Waals surface area contributed by atoms with E-state index in [-0.39, 0.29) is 6.04 Å². The monoisotopic (exact) mass is 442 g/mol. The summed E-state index contributed by atoms with van der Waals surface area (Å²) in [5.41, 5.74) is 2.44. The highest BCUT2D eigenvalue weighted by atomic mass is 35.5. The van der Waals surface area contributed by atoms with E-state index >= 15 is 0 Å². The van der Waals surface area contributed by atoms with Crippen LogP contribution in [0, 0.1) is 0 Å². The molecule has 0 spiro atoms. The summed E-state index contributed by atoms with van der Waals surface area (Å²) in [6.07, 6.45) is 3.25. The predicted molar refractivity (Wildman–Crippen MR) is 119 cm³/mol. The van der Waals surface area contributed by atoms with E-state index < -0.39 is 10.0 Å². The molecule has 2 aromatic carbocycles. The maximum atomic E-state index is 13.4. The van der Waals surface area contributed by atoms with Gasteiger partial charge in [0.2, 0.25) is 16.0 Å². The van der Waals surface area contributed by atoms with Crippen molar-refractivity contribution in [3.8, 4) is 11.1 Å². The minimum Gasteiger partial charge on any atom is -0.347 e. The summed E-state index contributed by atoms with van der Waals surface area (Å²) in [4.78, 5) is 11.4. The lowest BCUT2D eigenvalue weighted by molar-refractivity contribution is 0.391. The first-order valence-electron chi connectivity index (χ1n) is 9.75. The molecule has 30 heavy (non-hydrogen) atoms. The van der Waals surface area contributed by atoms with Crippen molar-refractivity contribution in [3.05, 3.63) is 71.5 Å². The Bertz CT molecular complexity index is 1140. The molecule has 1 atom stereocenters. The van der Waals surface area contributed by atoms with Gasteiger partial charge in [0.25, 0.3) is 0 Å². The van der Waals surface area contributed by atoms with E-state index in [2.05, 4.69) is 4.98 Å². The third-order valence-corrected chi connectivity index (χ3v) is 7.40. The van der Waals surface area contributed by atoms with E-state index in [1.807, 2.05) is 49.3 Å². The Balaban J connectivity index is 1.83. The average molecular weight is 443 g/mol. The number of hydrogen-bond donors (Lipinski definition) is 0. The van der Waals surface area contributed by atoms with Gasteiger partial charge in [-0.15, -0.1) is 0 Å².